The highest BCUT2D eigenvalue weighted by Crippen LogP contribution is 2.36. The molecule has 0 N–H and O–H groups in total. The lowest BCUT2D eigenvalue weighted by Crippen LogP contribution is -2.28. The molecule has 0 spiro atoms. The molecule has 1 aromatic heterocycles. The van der Waals surface area contributed by atoms with Crippen LogP contribution in [0.4, 0.5) is 0 Å². The van der Waals surface area contributed by atoms with Crippen molar-refractivity contribution in [2.24, 2.45) is 0 Å². The van der Waals surface area contributed by atoms with Gasteiger partial charge in [0.1, 0.15) is 11.7 Å². The quantitative estimate of drug-likeness (QED) is 0.289. The van der Waals surface area contributed by atoms with Crippen LogP contribution < -0.4 is 0 Å². The number of ketones is 1. The minimum absolute atomic E-state index is 0.0363. The molecule has 0 aliphatic carbocycles. The molecule has 4 nitrogen and oxygen atoms in total. The van der Waals surface area contributed by atoms with Gasteiger partial charge in [-0.05, 0) is 11.1 Å². The first kappa shape index (κ1) is 20.6. The normalized spacial score (nSPS) is 12.7. The zero-order chi connectivity index (χ0) is 22.5. The van der Waals surface area contributed by atoms with Crippen molar-refractivity contribution in [2.45, 2.75) is 12.0 Å². The van der Waals surface area contributed by atoms with E-state index in [2.05, 4.69) is 5.10 Å². The lowest BCUT2D eigenvalue weighted by molar-refractivity contribution is 0.0933. The summed E-state index contributed by atoms with van der Waals surface area (Å²) in [5.41, 5.74) is 4.34. The van der Waals surface area contributed by atoms with E-state index in [1.54, 1.807) is 11.0 Å². The molecule has 2 atom stereocenters. The lowest BCUT2D eigenvalue weighted by atomic mass is 9.82. The standard InChI is InChI=1S/C29H23N3O/c33-29(25-19-11-4-12-20-25)27(23-15-7-2-8-16-23)28(24-17-9-3-10-18-24)32-30-21-26(31-32)22-13-5-1-6-14-22/h1-21,27-28H. The molecule has 2 unspecified atom stereocenters. The smallest absolute Gasteiger partial charge is 0.172 e. The molecule has 0 aliphatic heterocycles. The van der Waals surface area contributed by atoms with E-state index < -0.39 is 12.0 Å². The van der Waals surface area contributed by atoms with Crippen molar-refractivity contribution in [3.63, 3.8) is 0 Å². The Kier molecular flexibility index (Phi) is 5.89. The Labute approximate surface area is 193 Å². The van der Waals surface area contributed by atoms with Crippen LogP contribution in [0.1, 0.15) is 33.4 Å². The fraction of sp³-hybridized carbons (Fsp3) is 0.0690. The molecule has 4 heteroatoms. The van der Waals surface area contributed by atoms with E-state index in [1.807, 2.05) is 121 Å². The van der Waals surface area contributed by atoms with Gasteiger partial charge in [0.25, 0.3) is 0 Å². The Morgan fingerprint density at radius 2 is 1.15 bits per heavy atom. The first-order chi connectivity index (χ1) is 16.3. The molecule has 4 aromatic carbocycles. The van der Waals surface area contributed by atoms with E-state index in [0.29, 0.717) is 5.56 Å². The molecule has 5 rings (SSSR count). The summed E-state index contributed by atoms with van der Waals surface area (Å²) in [5, 5.41) is 9.48. The van der Waals surface area contributed by atoms with Crippen molar-refractivity contribution in [1.82, 2.24) is 15.0 Å². The molecule has 0 amide bonds. The van der Waals surface area contributed by atoms with Crippen LogP contribution in [-0.4, -0.2) is 20.8 Å². The number of nitrogens with zero attached hydrogens (tertiary/aromatic N) is 3. The highest BCUT2D eigenvalue weighted by Gasteiger charge is 2.34. The average molecular weight is 430 g/mol. The first-order valence-corrected chi connectivity index (χ1v) is 11.0. The Morgan fingerprint density at radius 3 is 1.76 bits per heavy atom. The van der Waals surface area contributed by atoms with Crippen molar-refractivity contribution >= 4 is 5.78 Å². The minimum Gasteiger partial charge on any atom is -0.293 e. The third-order valence-electron chi connectivity index (χ3n) is 5.78. The number of Topliss-reactive ketones (excluding diaryl/α,β-unsaturated/α-hetero) is 1. The number of hydrogen-bond acceptors (Lipinski definition) is 3. The van der Waals surface area contributed by atoms with Gasteiger partial charge in [-0.15, -0.1) is 0 Å². The summed E-state index contributed by atoms with van der Waals surface area (Å²) in [4.78, 5) is 15.6. The van der Waals surface area contributed by atoms with Gasteiger partial charge in [-0.1, -0.05) is 121 Å². The van der Waals surface area contributed by atoms with Gasteiger partial charge in [0.05, 0.1) is 12.1 Å². The Balaban J connectivity index is 1.67. The molecule has 0 saturated heterocycles. The number of benzene rings is 4. The molecule has 0 aliphatic rings. The Morgan fingerprint density at radius 1 is 0.636 bits per heavy atom. The van der Waals surface area contributed by atoms with Crippen molar-refractivity contribution in [3.8, 4) is 11.3 Å². The fourth-order valence-electron chi connectivity index (χ4n) is 4.18. The molecule has 5 aromatic rings. The van der Waals surface area contributed by atoms with Gasteiger partial charge in [-0.2, -0.15) is 15.0 Å². The predicted octanol–water partition coefficient (Wildman–Crippen LogP) is 6.20. The van der Waals surface area contributed by atoms with Crippen molar-refractivity contribution < 1.29 is 4.79 Å². The number of rotatable bonds is 7. The summed E-state index contributed by atoms with van der Waals surface area (Å²) in [6.07, 6.45) is 1.76. The van der Waals surface area contributed by atoms with Crippen LogP contribution in [0.15, 0.2) is 128 Å². The molecule has 0 saturated carbocycles. The van der Waals surface area contributed by atoms with Crippen LogP contribution in [0.5, 0.6) is 0 Å². The van der Waals surface area contributed by atoms with Crippen LogP contribution >= 0.6 is 0 Å². The molecular weight excluding hydrogens is 406 g/mol. The summed E-state index contributed by atoms with van der Waals surface area (Å²) in [5.74, 6) is -0.457. The largest absolute Gasteiger partial charge is 0.293 e. The van der Waals surface area contributed by atoms with Gasteiger partial charge >= 0.3 is 0 Å². The number of carbonyl (C=O) groups is 1. The van der Waals surface area contributed by atoms with Gasteiger partial charge in [0.2, 0.25) is 0 Å². The predicted molar refractivity (Wildman–Crippen MR) is 130 cm³/mol. The van der Waals surface area contributed by atoms with Crippen LogP contribution in [-0.2, 0) is 0 Å². The second kappa shape index (κ2) is 9.45. The third kappa shape index (κ3) is 4.37. The summed E-state index contributed by atoms with van der Waals surface area (Å²) >= 11 is 0. The highest BCUT2D eigenvalue weighted by molar-refractivity contribution is 6.01. The Bertz CT molecular complexity index is 1320. The summed E-state index contributed by atoms with van der Waals surface area (Å²) in [6.45, 7) is 0. The number of carbonyl (C=O) groups excluding carboxylic acids is 1. The van der Waals surface area contributed by atoms with Gasteiger partial charge < -0.3 is 0 Å². The maximum Gasteiger partial charge on any atom is 0.172 e. The van der Waals surface area contributed by atoms with Crippen LogP contribution in [0, 0.1) is 0 Å². The van der Waals surface area contributed by atoms with E-state index in [9.17, 15) is 4.79 Å². The minimum atomic E-state index is -0.493. The molecule has 160 valence electrons. The van der Waals surface area contributed by atoms with Crippen molar-refractivity contribution in [3.05, 3.63) is 144 Å². The molecule has 33 heavy (non-hydrogen) atoms. The van der Waals surface area contributed by atoms with E-state index in [4.69, 9.17) is 5.10 Å². The van der Waals surface area contributed by atoms with E-state index in [1.165, 1.54) is 0 Å². The zero-order valence-corrected chi connectivity index (χ0v) is 18.0. The number of hydrogen-bond donors (Lipinski definition) is 0. The highest BCUT2D eigenvalue weighted by atomic mass is 16.1. The summed E-state index contributed by atoms with van der Waals surface area (Å²) in [6, 6.07) is 38.9. The van der Waals surface area contributed by atoms with Crippen molar-refractivity contribution in [2.75, 3.05) is 0 Å². The van der Waals surface area contributed by atoms with Gasteiger partial charge in [-0.25, -0.2) is 0 Å². The Hall–Kier alpha value is -4.31. The molecule has 1 heterocycles. The first-order valence-electron chi connectivity index (χ1n) is 11.0. The summed E-state index contributed by atoms with van der Waals surface area (Å²) < 4.78 is 0. The SMILES string of the molecule is O=C(c1ccccc1)C(c1ccccc1)C(c1ccccc1)n1ncc(-c2ccccc2)n1. The average Bonchev–Trinajstić information content (AvgIpc) is 3.39. The summed E-state index contributed by atoms with van der Waals surface area (Å²) in [7, 11) is 0. The third-order valence-corrected chi connectivity index (χ3v) is 5.78. The number of aromatic nitrogens is 3. The maximum absolute atomic E-state index is 13.9. The van der Waals surface area contributed by atoms with E-state index >= 15 is 0 Å². The van der Waals surface area contributed by atoms with Crippen LogP contribution in [0.3, 0.4) is 0 Å². The zero-order valence-electron chi connectivity index (χ0n) is 18.0. The van der Waals surface area contributed by atoms with Crippen LogP contribution in [0.2, 0.25) is 0 Å². The molecular formula is C29H23N3O. The molecule has 0 fully saturated rings. The fourth-order valence-corrected chi connectivity index (χ4v) is 4.18. The lowest BCUT2D eigenvalue weighted by Gasteiger charge is -2.26. The molecule has 0 radical (unpaired) electrons. The van der Waals surface area contributed by atoms with E-state index in [0.717, 1.165) is 22.4 Å². The second-order valence-electron chi connectivity index (χ2n) is 7.89. The topological polar surface area (TPSA) is 47.8 Å². The van der Waals surface area contributed by atoms with Crippen LogP contribution in [0.25, 0.3) is 11.3 Å². The molecule has 0 bridgehead atoms. The van der Waals surface area contributed by atoms with Gasteiger partial charge in [0, 0.05) is 11.1 Å². The van der Waals surface area contributed by atoms with Gasteiger partial charge in [0.15, 0.2) is 5.78 Å². The monoisotopic (exact) mass is 429 g/mol. The second-order valence-corrected chi connectivity index (χ2v) is 7.89. The maximum atomic E-state index is 13.9. The van der Waals surface area contributed by atoms with E-state index in [-0.39, 0.29) is 5.78 Å². The van der Waals surface area contributed by atoms with Gasteiger partial charge in [-0.3, -0.25) is 4.79 Å². The van der Waals surface area contributed by atoms with Crippen molar-refractivity contribution in [1.29, 1.82) is 0 Å².